The van der Waals surface area contributed by atoms with Crippen molar-refractivity contribution in [3.63, 3.8) is 0 Å². The Kier molecular flexibility index (Phi) is 2.39. The summed E-state index contributed by atoms with van der Waals surface area (Å²) in [4.78, 5) is 14.7. The predicted octanol–water partition coefficient (Wildman–Crippen LogP) is 2.83. The van der Waals surface area contributed by atoms with Crippen LogP contribution in [0.3, 0.4) is 0 Å². The Labute approximate surface area is 99.8 Å². The Hall–Kier alpha value is -1.77. The van der Waals surface area contributed by atoms with Crippen LogP contribution in [-0.2, 0) is 17.6 Å². The third-order valence-corrected chi connectivity index (χ3v) is 3.53. The molecule has 0 radical (unpaired) electrons. The minimum Gasteiger partial charge on any atom is -0.464 e. The van der Waals surface area contributed by atoms with E-state index < -0.39 is 0 Å². The number of aromatic nitrogens is 1. The van der Waals surface area contributed by atoms with Crippen LogP contribution < -0.4 is 0 Å². The Balaban J connectivity index is 2.18. The van der Waals surface area contributed by atoms with Gasteiger partial charge in [-0.25, -0.2) is 4.79 Å². The van der Waals surface area contributed by atoms with Gasteiger partial charge in [-0.1, -0.05) is 12.1 Å². The molecule has 0 atom stereocenters. The number of carbonyl (C=O) groups is 1. The van der Waals surface area contributed by atoms with Crippen LogP contribution in [0.25, 0.3) is 10.9 Å². The number of esters is 1. The summed E-state index contributed by atoms with van der Waals surface area (Å²) >= 11 is 0. The third-order valence-electron chi connectivity index (χ3n) is 3.53. The normalized spacial score (nSPS) is 14.6. The summed E-state index contributed by atoms with van der Waals surface area (Å²) in [6.45, 7) is 0. The van der Waals surface area contributed by atoms with Gasteiger partial charge in [0, 0.05) is 10.9 Å². The maximum atomic E-state index is 11.5. The standard InChI is InChI=1S/C14H15NO2/c1-17-14(16)12-8-10-7-6-9-4-2-3-5-11(9)13(10)15-12/h6-8,15H,2-5H2,1H3. The van der Waals surface area contributed by atoms with Crippen LogP contribution in [0.4, 0.5) is 0 Å². The van der Waals surface area contributed by atoms with E-state index in [4.69, 9.17) is 4.74 Å². The highest BCUT2D eigenvalue weighted by Gasteiger charge is 2.16. The molecule has 0 saturated carbocycles. The molecule has 1 aromatic carbocycles. The smallest absolute Gasteiger partial charge is 0.354 e. The fraction of sp³-hybridized carbons (Fsp3) is 0.357. The number of fused-ring (bicyclic) bond motifs is 3. The summed E-state index contributed by atoms with van der Waals surface area (Å²) in [6, 6.07) is 6.14. The molecule has 0 fully saturated rings. The molecule has 0 bridgehead atoms. The summed E-state index contributed by atoms with van der Waals surface area (Å²) < 4.78 is 4.74. The number of carbonyl (C=O) groups excluding carboxylic acids is 1. The highest BCUT2D eigenvalue weighted by molar-refractivity contribution is 5.96. The van der Waals surface area contributed by atoms with Crippen LogP contribution >= 0.6 is 0 Å². The van der Waals surface area contributed by atoms with Gasteiger partial charge in [-0.2, -0.15) is 0 Å². The monoisotopic (exact) mass is 229 g/mol. The second-order valence-electron chi connectivity index (χ2n) is 4.55. The van der Waals surface area contributed by atoms with E-state index in [1.165, 1.54) is 31.1 Å². The van der Waals surface area contributed by atoms with Crippen LogP contribution in [0.1, 0.15) is 34.5 Å². The van der Waals surface area contributed by atoms with E-state index in [1.54, 1.807) is 0 Å². The van der Waals surface area contributed by atoms with Gasteiger partial charge in [-0.05, 0) is 42.9 Å². The molecule has 1 N–H and O–H groups in total. The molecule has 88 valence electrons. The van der Waals surface area contributed by atoms with Crippen LogP contribution in [0.5, 0.6) is 0 Å². The topological polar surface area (TPSA) is 42.1 Å². The average Bonchev–Trinajstić information content (AvgIpc) is 2.82. The number of rotatable bonds is 1. The molecule has 0 unspecified atom stereocenters. The zero-order valence-electron chi connectivity index (χ0n) is 9.88. The lowest BCUT2D eigenvalue weighted by atomic mass is 9.90. The van der Waals surface area contributed by atoms with E-state index in [2.05, 4.69) is 17.1 Å². The van der Waals surface area contributed by atoms with Crippen molar-refractivity contribution in [1.29, 1.82) is 0 Å². The van der Waals surface area contributed by atoms with Crippen molar-refractivity contribution < 1.29 is 9.53 Å². The quantitative estimate of drug-likeness (QED) is 0.764. The van der Waals surface area contributed by atoms with Crippen LogP contribution in [0, 0.1) is 0 Å². The molecule has 3 heteroatoms. The van der Waals surface area contributed by atoms with Crippen molar-refractivity contribution in [2.75, 3.05) is 7.11 Å². The summed E-state index contributed by atoms with van der Waals surface area (Å²) in [5.41, 5.74) is 4.45. The van der Waals surface area contributed by atoms with Crippen LogP contribution in [0.2, 0.25) is 0 Å². The molecule has 0 spiro atoms. The molecule has 3 rings (SSSR count). The molecule has 2 aromatic rings. The minimum absolute atomic E-state index is 0.300. The summed E-state index contributed by atoms with van der Waals surface area (Å²) in [7, 11) is 1.41. The number of hydrogen-bond donors (Lipinski definition) is 1. The van der Waals surface area contributed by atoms with Gasteiger partial charge >= 0.3 is 5.97 Å². The van der Waals surface area contributed by atoms with Gasteiger partial charge in [0.1, 0.15) is 5.69 Å². The highest BCUT2D eigenvalue weighted by Crippen LogP contribution is 2.29. The number of hydrogen-bond acceptors (Lipinski definition) is 2. The van der Waals surface area contributed by atoms with Crippen LogP contribution in [-0.4, -0.2) is 18.1 Å². The number of H-pyrrole nitrogens is 1. The third kappa shape index (κ3) is 1.62. The maximum absolute atomic E-state index is 11.5. The first kappa shape index (κ1) is 10.4. The second-order valence-corrected chi connectivity index (χ2v) is 4.55. The van der Waals surface area contributed by atoms with E-state index in [9.17, 15) is 4.79 Å². The first-order valence-electron chi connectivity index (χ1n) is 6.01. The summed E-state index contributed by atoms with van der Waals surface area (Å²) in [5, 5.41) is 1.10. The minimum atomic E-state index is -0.300. The lowest BCUT2D eigenvalue weighted by molar-refractivity contribution is 0.0595. The van der Waals surface area contributed by atoms with E-state index in [0.29, 0.717) is 5.69 Å². The number of benzene rings is 1. The molecule has 17 heavy (non-hydrogen) atoms. The highest BCUT2D eigenvalue weighted by atomic mass is 16.5. The molecular formula is C14H15NO2. The van der Waals surface area contributed by atoms with Crippen molar-refractivity contribution in [2.45, 2.75) is 25.7 Å². The lowest BCUT2D eigenvalue weighted by Crippen LogP contribution is -2.03. The average molecular weight is 229 g/mol. The van der Waals surface area contributed by atoms with Crippen molar-refractivity contribution in [2.24, 2.45) is 0 Å². The number of aromatic amines is 1. The van der Waals surface area contributed by atoms with E-state index in [1.807, 2.05) is 6.07 Å². The predicted molar refractivity (Wildman–Crippen MR) is 66.3 cm³/mol. The number of nitrogens with one attached hydrogen (secondary N) is 1. The zero-order chi connectivity index (χ0) is 11.8. The molecule has 1 aliphatic rings. The fourth-order valence-electron chi connectivity index (χ4n) is 2.66. The molecule has 0 aliphatic heterocycles. The summed E-state index contributed by atoms with van der Waals surface area (Å²) in [6.07, 6.45) is 4.76. The van der Waals surface area contributed by atoms with Gasteiger partial charge in [0.25, 0.3) is 0 Å². The van der Waals surface area contributed by atoms with Gasteiger partial charge in [-0.15, -0.1) is 0 Å². The first-order valence-corrected chi connectivity index (χ1v) is 6.01. The van der Waals surface area contributed by atoms with Crippen molar-refractivity contribution in [1.82, 2.24) is 4.98 Å². The molecule has 3 nitrogen and oxygen atoms in total. The van der Waals surface area contributed by atoms with Crippen molar-refractivity contribution >= 4 is 16.9 Å². The molecule has 0 saturated heterocycles. The molecular weight excluding hydrogens is 214 g/mol. The molecule has 1 heterocycles. The maximum Gasteiger partial charge on any atom is 0.354 e. The SMILES string of the molecule is COC(=O)c1cc2ccc3c(c2[nH]1)CCCC3. The van der Waals surface area contributed by atoms with Gasteiger partial charge in [0.05, 0.1) is 7.11 Å². The Bertz CT molecular complexity index is 583. The Morgan fingerprint density at radius 2 is 2.12 bits per heavy atom. The van der Waals surface area contributed by atoms with E-state index in [-0.39, 0.29) is 5.97 Å². The van der Waals surface area contributed by atoms with E-state index in [0.717, 1.165) is 23.7 Å². The molecule has 1 aliphatic carbocycles. The van der Waals surface area contributed by atoms with Gasteiger partial charge in [0.2, 0.25) is 0 Å². The summed E-state index contributed by atoms with van der Waals surface area (Å²) in [5.74, 6) is -0.300. The van der Waals surface area contributed by atoms with Crippen molar-refractivity contribution in [3.8, 4) is 0 Å². The van der Waals surface area contributed by atoms with E-state index >= 15 is 0 Å². The number of aryl methyl sites for hydroxylation is 2. The fourth-order valence-corrected chi connectivity index (χ4v) is 2.66. The molecule has 1 aromatic heterocycles. The van der Waals surface area contributed by atoms with Gasteiger partial charge in [0.15, 0.2) is 0 Å². The van der Waals surface area contributed by atoms with Crippen molar-refractivity contribution in [3.05, 3.63) is 35.0 Å². The zero-order valence-corrected chi connectivity index (χ0v) is 9.88. The number of methoxy groups -OCH3 is 1. The lowest BCUT2D eigenvalue weighted by Gasteiger charge is -2.15. The Morgan fingerprint density at radius 1 is 1.29 bits per heavy atom. The van der Waals surface area contributed by atoms with Gasteiger partial charge in [-0.3, -0.25) is 0 Å². The van der Waals surface area contributed by atoms with Crippen LogP contribution in [0.15, 0.2) is 18.2 Å². The second kappa shape index (κ2) is 3.91. The van der Waals surface area contributed by atoms with Gasteiger partial charge < -0.3 is 9.72 Å². The largest absolute Gasteiger partial charge is 0.464 e. The first-order chi connectivity index (χ1) is 8.29. The molecule has 0 amide bonds. The number of ether oxygens (including phenoxy) is 1. The Morgan fingerprint density at radius 3 is 2.94 bits per heavy atom.